The molecule has 1 N–H and O–H groups in total. The van der Waals surface area contributed by atoms with Gasteiger partial charge in [0, 0.05) is 50.3 Å². The van der Waals surface area contributed by atoms with Crippen molar-refractivity contribution in [2.75, 3.05) is 44.2 Å². The number of carbonyl (C=O) groups is 1. The van der Waals surface area contributed by atoms with Crippen LogP contribution in [0.4, 0.5) is 4.79 Å². The third-order valence-corrected chi connectivity index (χ3v) is 4.54. The summed E-state index contributed by atoms with van der Waals surface area (Å²) in [5, 5.41) is 3.18. The van der Waals surface area contributed by atoms with Crippen LogP contribution in [0.1, 0.15) is 12.8 Å². The van der Waals surface area contributed by atoms with Crippen molar-refractivity contribution < 1.29 is 4.79 Å². The normalized spacial score (nSPS) is 22.8. The molecule has 0 aromatic carbocycles. The molecule has 18 heavy (non-hydrogen) atoms. The molecule has 0 aromatic heterocycles. The van der Waals surface area contributed by atoms with E-state index in [0.29, 0.717) is 6.04 Å². The summed E-state index contributed by atoms with van der Waals surface area (Å²) in [6.07, 6.45) is 4.06. The number of hydrogen-bond donors (Lipinski definition) is 1. The van der Waals surface area contributed by atoms with E-state index in [1.807, 2.05) is 22.7 Å². The molecule has 4 nitrogen and oxygen atoms in total. The summed E-state index contributed by atoms with van der Waals surface area (Å²) in [7, 11) is 0. The molecule has 0 aromatic rings. The lowest BCUT2D eigenvalue weighted by Crippen LogP contribution is -2.51. The zero-order valence-electron chi connectivity index (χ0n) is 10.9. The lowest BCUT2D eigenvalue weighted by molar-refractivity contribution is 0.180. The van der Waals surface area contributed by atoms with E-state index in [4.69, 9.17) is 0 Å². The first-order valence-corrected chi connectivity index (χ1v) is 7.91. The van der Waals surface area contributed by atoms with Gasteiger partial charge in [-0.25, -0.2) is 4.79 Å². The largest absolute Gasteiger partial charge is 0.335 e. The van der Waals surface area contributed by atoms with Gasteiger partial charge in [0.15, 0.2) is 0 Å². The summed E-state index contributed by atoms with van der Waals surface area (Å²) < 4.78 is 0. The summed E-state index contributed by atoms with van der Waals surface area (Å²) in [6, 6.07) is 0.491. The van der Waals surface area contributed by atoms with Crippen molar-refractivity contribution in [3.8, 4) is 0 Å². The van der Waals surface area contributed by atoms with E-state index in [1.165, 1.54) is 0 Å². The third-order valence-electron chi connectivity index (χ3n) is 3.60. The van der Waals surface area contributed by atoms with Gasteiger partial charge < -0.3 is 10.2 Å². The van der Waals surface area contributed by atoms with Gasteiger partial charge in [-0.1, -0.05) is 6.08 Å². The summed E-state index contributed by atoms with van der Waals surface area (Å²) in [4.78, 5) is 16.4. The van der Waals surface area contributed by atoms with Crippen LogP contribution in [0.5, 0.6) is 0 Å². The Morgan fingerprint density at radius 1 is 1.28 bits per heavy atom. The molecule has 2 aliphatic rings. The van der Waals surface area contributed by atoms with Gasteiger partial charge in [-0.3, -0.25) is 4.90 Å². The quantitative estimate of drug-likeness (QED) is 0.787. The van der Waals surface area contributed by atoms with Crippen molar-refractivity contribution in [1.82, 2.24) is 15.1 Å². The molecule has 2 heterocycles. The molecule has 0 aliphatic carbocycles. The van der Waals surface area contributed by atoms with Crippen molar-refractivity contribution in [2.24, 2.45) is 0 Å². The number of nitrogens with one attached hydrogen (secondary N) is 1. The molecule has 2 aliphatic heterocycles. The Kier molecular flexibility index (Phi) is 5.38. The highest BCUT2D eigenvalue weighted by atomic mass is 32.2. The molecule has 0 bridgehead atoms. The monoisotopic (exact) mass is 269 g/mol. The number of rotatable bonds is 3. The molecule has 0 spiro atoms. The van der Waals surface area contributed by atoms with Crippen molar-refractivity contribution in [1.29, 1.82) is 0 Å². The third kappa shape index (κ3) is 3.92. The van der Waals surface area contributed by atoms with Gasteiger partial charge in [-0.15, -0.1) is 6.58 Å². The van der Waals surface area contributed by atoms with Crippen LogP contribution in [0, 0.1) is 0 Å². The number of urea groups is 1. The maximum atomic E-state index is 12.0. The molecule has 2 amide bonds. The fourth-order valence-electron chi connectivity index (χ4n) is 2.47. The summed E-state index contributed by atoms with van der Waals surface area (Å²) in [5.74, 6) is 2.15. The van der Waals surface area contributed by atoms with E-state index >= 15 is 0 Å². The average molecular weight is 269 g/mol. The van der Waals surface area contributed by atoms with E-state index in [9.17, 15) is 4.79 Å². The van der Waals surface area contributed by atoms with Crippen LogP contribution < -0.4 is 5.32 Å². The molecular formula is C13H23N3OS. The van der Waals surface area contributed by atoms with Crippen LogP contribution in [-0.2, 0) is 0 Å². The van der Waals surface area contributed by atoms with Gasteiger partial charge in [0.25, 0.3) is 0 Å². The van der Waals surface area contributed by atoms with Gasteiger partial charge in [0.05, 0.1) is 0 Å². The van der Waals surface area contributed by atoms with E-state index in [-0.39, 0.29) is 6.03 Å². The first kappa shape index (κ1) is 13.7. The highest BCUT2D eigenvalue weighted by molar-refractivity contribution is 7.99. The molecular weight excluding hydrogens is 246 g/mol. The Balaban J connectivity index is 1.70. The second kappa shape index (κ2) is 7.04. The first-order valence-electron chi connectivity index (χ1n) is 6.76. The van der Waals surface area contributed by atoms with Gasteiger partial charge in [0.1, 0.15) is 0 Å². The minimum atomic E-state index is 0.137. The summed E-state index contributed by atoms with van der Waals surface area (Å²) in [6.45, 7) is 8.64. The highest BCUT2D eigenvalue weighted by Crippen LogP contribution is 2.12. The highest BCUT2D eigenvalue weighted by Gasteiger charge is 2.23. The standard InChI is InChI=1S/C13H23N3OS/c1-2-5-15-6-3-12(4-7-15)14-13(17)16-8-10-18-11-9-16/h2,12H,1,3-11H2,(H,14,17). The van der Waals surface area contributed by atoms with Crippen LogP contribution in [-0.4, -0.2) is 66.1 Å². The second-order valence-electron chi connectivity index (χ2n) is 4.91. The van der Waals surface area contributed by atoms with E-state index in [2.05, 4.69) is 16.8 Å². The molecule has 2 fully saturated rings. The van der Waals surface area contributed by atoms with Crippen LogP contribution in [0.3, 0.4) is 0 Å². The SMILES string of the molecule is C=CCN1CCC(NC(=O)N2CCSCC2)CC1. The Morgan fingerprint density at radius 2 is 1.94 bits per heavy atom. The van der Waals surface area contributed by atoms with Crippen LogP contribution >= 0.6 is 11.8 Å². The number of carbonyl (C=O) groups excluding carboxylic acids is 1. The van der Waals surface area contributed by atoms with Crippen LogP contribution in [0.25, 0.3) is 0 Å². The lowest BCUT2D eigenvalue weighted by Gasteiger charge is -2.34. The predicted octanol–water partition coefficient (Wildman–Crippen LogP) is 1.40. The molecule has 5 heteroatoms. The molecule has 0 unspecified atom stereocenters. The zero-order valence-corrected chi connectivity index (χ0v) is 11.8. The number of hydrogen-bond acceptors (Lipinski definition) is 3. The maximum absolute atomic E-state index is 12.0. The van der Waals surface area contributed by atoms with Gasteiger partial charge in [-0.2, -0.15) is 11.8 Å². The Morgan fingerprint density at radius 3 is 2.56 bits per heavy atom. The second-order valence-corrected chi connectivity index (χ2v) is 6.14. The smallest absolute Gasteiger partial charge is 0.317 e. The lowest BCUT2D eigenvalue weighted by atomic mass is 10.1. The van der Waals surface area contributed by atoms with E-state index < -0.39 is 0 Å². The van der Waals surface area contributed by atoms with E-state index in [0.717, 1.165) is 57.1 Å². The average Bonchev–Trinajstić information content (AvgIpc) is 2.42. The Labute approximate surface area is 114 Å². The predicted molar refractivity (Wildman–Crippen MR) is 77.1 cm³/mol. The molecule has 2 saturated heterocycles. The number of amides is 2. The zero-order chi connectivity index (χ0) is 12.8. The summed E-state index contributed by atoms with van der Waals surface area (Å²) >= 11 is 1.93. The van der Waals surface area contributed by atoms with Crippen molar-refractivity contribution in [2.45, 2.75) is 18.9 Å². The first-order chi connectivity index (χ1) is 8.79. The van der Waals surface area contributed by atoms with E-state index in [1.54, 1.807) is 0 Å². The van der Waals surface area contributed by atoms with Gasteiger partial charge >= 0.3 is 6.03 Å². The maximum Gasteiger partial charge on any atom is 0.317 e. The van der Waals surface area contributed by atoms with Gasteiger partial charge in [0.2, 0.25) is 0 Å². The molecule has 102 valence electrons. The number of nitrogens with zero attached hydrogens (tertiary/aromatic N) is 2. The van der Waals surface area contributed by atoms with Crippen molar-refractivity contribution in [3.63, 3.8) is 0 Å². The number of piperidine rings is 1. The minimum Gasteiger partial charge on any atom is -0.335 e. The molecule has 0 radical (unpaired) electrons. The van der Waals surface area contributed by atoms with Crippen molar-refractivity contribution in [3.05, 3.63) is 12.7 Å². The minimum absolute atomic E-state index is 0.137. The van der Waals surface area contributed by atoms with Crippen molar-refractivity contribution >= 4 is 17.8 Å². The Bertz CT molecular complexity index is 284. The fourth-order valence-corrected chi connectivity index (χ4v) is 3.38. The molecule has 0 atom stereocenters. The molecule has 0 saturated carbocycles. The fraction of sp³-hybridized carbons (Fsp3) is 0.769. The topological polar surface area (TPSA) is 35.6 Å². The summed E-state index contributed by atoms with van der Waals surface area (Å²) in [5.41, 5.74) is 0. The van der Waals surface area contributed by atoms with Gasteiger partial charge in [-0.05, 0) is 12.8 Å². The molecule has 2 rings (SSSR count). The number of thioether (sulfide) groups is 1. The van der Waals surface area contributed by atoms with Crippen LogP contribution in [0.15, 0.2) is 12.7 Å². The van der Waals surface area contributed by atoms with Crippen LogP contribution in [0.2, 0.25) is 0 Å². The number of likely N-dealkylation sites (tertiary alicyclic amines) is 1. The Hall–Kier alpha value is -0.680.